The fraction of sp³-hybridized carbons (Fsp3) is 0.350. The van der Waals surface area contributed by atoms with Gasteiger partial charge >= 0.3 is 6.03 Å². The molecule has 2 aliphatic carbocycles. The molecule has 2 N–H and O–H groups in total. The van der Waals surface area contributed by atoms with Gasteiger partial charge in [0, 0.05) is 11.4 Å². The monoisotopic (exact) mass is 395 g/mol. The lowest BCUT2D eigenvalue weighted by Gasteiger charge is -2.17. The van der Waals surface area contributed by atoms with Gasteiger partial charge in [-0.15, -0.1) is 0 Å². The number of hydrogen-bond donors (Lipinski definition) is 2. The lowest BCUT2D eigenvalue weighted by molar-refractivity contribution is 0.256. The molecule has 1 unspecified atom stereocenters. The molecule has 1 heterocycles. The van der Waals surface area contributed by atoms with Crippen LogP contribution in [0.4, 0.5) is 10.5 Å². The fourth-order valence-corrected chi connectivity index (χ4v) is 5.28. The van der Waals surface area contributed by atoms with E-state index in [-0.39, 0.29) is 5.03 Å². The van der Waals surface area contributed by atoms with Crippen LogP contribution in [0.15, 0.2) is 33.7 Å². The van der Waals surface area contributed by atoms with Gasteiger partial charge in [-0.2, -0.15) is 5.26 Å². The number of urea groups is 1. The summed E-state index contributed by atoms with van der Waals surface area (Å²) >= 11 is 0. The number of rotatable bonds is 3. The zero-order valence-corrected chi connectivity index (χ0v) is 16.4. The lowest BCUT2D eigenvalue weighted by atomic mass is 9.99. The normalized spacial score (nSPS) is 16.4. The highest BCUT2D eigenvalue weighted by Gasteiger charge is 2.26. The van der Waals surface area contributed by atoms with E-state index < -0.39 is 15.9 Å². The number of aromatic nitrogens is 1. The molecule has 1 atom stereocenters. The van der Waals surface area contributed by atoms with Gasteiger partial charge in [-0.3, -0.25) is 0 Å². The third-order valence-corrected chi connectivity index (χ3v) is 6.85. The largest absolute Gasteiger partial charge is 0.332 e. The molecule has 144 valence electrons. The van der Waals surface area contributed by atoms with E-state index in [1.165, 1.54) is 28.3 Å². The second kappa shape index (κ2) is 7.24. The Labute approximate surface area is 164 Å². The number of carbonyl (C=O) groups is 1. The smallest absolute Gasteiger partial charge is 0.307 e. The molecular weight excluding hydrogens is 374 g/mol. The van der Waals surface area contributed by atoms with Gasteiger partial charge in [0.1, 0.15) is 0 Å². The summed E-state index contributed by atoms with van der Waals surface area (Å²) in [5, 5.41) is 12.0. The third kappa shape index (κ3) is 3.34. The number of hydrogen-bond acceptors (Lipinski definition) is 5. The average Bonchev–Trinajstić information content (AvgIpc) is 3.30. The summed E-state index contributed by atoms with van der Waals surface area (Å²) in [6.07, 6.45) is 7.58. The zero-order chi connectivity index (χ0) is 19.7. The minimum Gasteiger partial charge on any atom is -0.307 e. The summed E-state index contributed by atoms with van der Waals surface area (Å²) in [7, 11) is -3.50. The Morgan fingerprint density at radius 3 is 2.46 bits per heavy atom. The molecule has 28 heavy (non-hydrogen) atoms. The Bertz CT molecular complexity index is 1090. The van der Waals surface area contributed by atoms with E-state index in [0.717, 1.165) is 44.2 Å². The minimum atomic E-state index is -3.50. The maximum Gasteiger partial charge on any atom is 0.332 e. The molecule has 0 saturated heterocycles. The van der Waals surface area contributed by atoms with Crippen molar-refractivity contribution in [2.24, 2.45) is 4.36 Å². The van der Waals surface area contributed by atoms with Crippen molar-refractivity contribution in [2.45, 2.75) is 50.5 Å². The topological polar surface area (TPSA) is 107 Å². The van der Waals surface area contributed by atoms with Gasteiger partial charge in [-0.1, -0.05) is 16.5 Å². The molecule has 7 nitrogen and oxygen atoms in total. The van der Waals surface area contributed by atoms with Gasteiger partial charge in [-0.05, 0) is 79.8 Å². The van der Waals surface area contributed by atoms with Gasteiger partial charge in [0.2, 0.25) is 6.19 Å². The molecule has 2 aliphatic rings. The van der Waals surface area contributed by atoms with Crippen LogP contribution in [0.2, 0.25) is 0 Å². The predicted molar refractivity (Wildman–Crippen MR) is 106 cm³/mol. The molecule has 0 radical (unpaired) electrons. The van der Waals surface area contributed by atoms with Crippen LogP contribution in [-0.4, -0.2) is 15.2 Å². The van der Waals surface area contributed by atoms with E-state index in [9.17, 15) is 9.00 Å². The van der Waals surface area contributed by atoms with Crippen LogP contribution >= 0.6 is 0 Å². The van der Waals surface area contributed by atoms with Crippen LogP contribution < -0.4 is 10.0 Å². The summed E-state index contributed by atoms with van der Waals surface area (Å²) in [5.74, 6) is 0. The number of nitriles is 1. The third-order valence-electron chi connectivity index (χ3n) is 5.26. The second-order valence-electron chi connectivity index (χ2n) is 7.12. The first-order valence-electron chi connectivity index (χ1n) is 9.34. The van der Waals surface area contributed by atoms with Gasteiger partial charge in [0.15, 0.2) is 14.9 Å². The number of benzene rings is 1. The van der Waals surface area contributed by atoms with E-state index in [1.807, 2.05) is 0 Å². The Morgan fingerprint density at radius 2 is 1.86 bits per heavy atom. The van der Waals surface area contributed by atoms with Crippen molar-refractivity contribution in [1.29, 1.82) is 5.26 Å². The van der Waals surface area contributed by atoms with Crippen LogP contribution in [0.5, 0.6) is 0 Å². The highest BCUT2D eigenvalue weighted by Crippen LogP contribution is 2.38. The summed E-state index contributed by atoms with van der Waals surface area (Å²) in [6.45, 7) is 1.74. The van der Waals surface area contributed by atoms with Crippen molar-refractivity contribution in [2.75, 3.05) is 5.32 Å². The van der Waals surface area contributed by atoms with Crippen molar-refractivity contribution in [3.63, 3.8) is 0 Å². The molecule has 1 aromatic heterocycles. The second-order valence-corrected chi connectivity index (χ2v) is 8.98. The van der Waals surface area contributed by atoms with Crippen molar-refractivity contribution in [1.82, 2.24) is 9.71 Å². The van der Waals surface area contributed by atoms with E-state index in [4.69, 9.17) is 5.26 Å². The summed E-state index contributed by atoms with van der Waals surface area (Å²) in [6, 6.07) is 6.54. The highest BCUT2D eigenvalue weighted by atomic mass is 32.2. The molecule has 2 aromatic rings. The van der Waals surface area contributed by atoms with Gasteiger partial charge in [0.05, 0.1) is 0 Å². The fourth-order valence-electron chi connectivity index (χ4n) is 4.08. The number of nitrogens with zero attached hydrogens (tertiary/aromatic N) is 3. The molecule has 0 saturated carbocycles. The van der Waals surface area contributed by atoms with Crippen LogP contribution in [0, 0.1) is 18.4 Å². The number of nitrogens with one attached hydrogen (secondary N) is 2. The first kappa shape index (κ1) is 18.4. The molecule has 0 aliphatic heterocycles. The average molecular weight is 395 g/mol. The minimum absolute atomic E-state index is 0.0627. The van der Waals surface area contributed by atoms with Gasteiger partial charge in [0.25, 0.3) is 0 Å². The number of amides is 2. The van der Waals surface area contributed by atoms with Crippen molar-refractivity contribution >= 4 is 21.6 Å². The van der Waals surface area contributed by atoms with Crippen LogP contribution in [-0.2, 0) is 35.6 Å². The Morgan fingerprint density at radius 1 is 1.18 bits per heavy atom. The van der Waals surface area contributed by atoms with Crippen LogP contribution in [0.1, 0.15) is 40.8 Å². The van der Waals surface area contributed by atoms with Crippen molar-refractivity contribution in [3.8, 4) is 6.19 Å². The zero-order valence-electron chi connectivity index (χ0n) is 15.6. The van der Waals surface area contributed by atoms with E-state index in [1.54, 1.807) is 25.2 Å². The Balaban J connectivity index is 1.66. The highest BCUT2D eigenvalue weighted by molar-refractivity contribution is 7.92. The number of fused-ring (bicyclic) bond motifs is 2. The number of anilines is 1. The van der Waals surface area contributed by atoms with E-state index >= 15 is 0 Å². The summed E-state index contributed by atoms with van der Waals surface area (Å²) in [5.41, 5.74) is 6.40. The van der Waals surface area contributed by atoms with E-state index in [2.05, 4.69) is 25.5 Å². The number of aryl methyl sites for hydroxylation is 3. The summed E-state index contributed by atoms with van der Waals surface area (Å²) < 4.78 is 19.1. The molecule has 1 aromatic carbocycles. The standard InChI is InChI=1S/C20H21N5O2S/c1-13-5-2-10-18(23-13)28(27,22-12-21)25-20(26)24-19-16-8-3-6-14(16)11-15-7-4-9-17(15)19/h2,5,10-11H,3-4,6-9H2,1H3,(H2,22,24,25,26,27). The summed E-state index contributed by atoms with van der Waals surface area (Å²) in [4.78, 5) is 16.9. The molecule has 4 rings (SSSR count). The number of carbonyl (C=O) groups excluding carboxylic acids is 1. The first-order valence-corrected chi connectivity index (χ1v) is 10.9. The molecular formula is C20H21N5O2S. The Hall–Kier alpha value is -2.92. The van der Waals surface area contributed by atoms with Crippen molar-refractivity contribution in [3.05, 3.63) is 52.2 Å². The van der Waals surface area contributed by atoms with Crippen molar-refractivity contribution < 1.29 is 9.00 Å². The molecule has 8 heteroatoms. The predicted octanol–water partition coefficient (Wildman–Crippen LogP) is 3.41. The lowest BCUT2D eigenvalue weighted by Crippen LogP contribution is -2.35. The quantitative estimate of drug-likeness (QED) is 0.777. The molecule has 0 fully saturated rings. The van der Waals surface area contributed by atoms with E-state index in [0.29, 0.717) is 5.69 Å². The molecule has 2 amide bonds. The Kier molecular flexibility index (Phi) is 4.77. The molecule has 0 spiro atoms. The maximum absolute atomic E-state index is 13.2. The van der Waals surface area contributed by atoms with Crippen LogP contribution in [0.25, 0.3) is 0 Å². The first-order chi connectivity index (χ1) is 13.5. The number of pyridine rings is 1. The molecule has 0 bridgehead atoms. The van der Waals surface area contributed by atoms with Gasteiger partial charge in [-0.25, -0.2) is 18.7 Å². The SMILES string of the molecule is Cc1cccc(S(=O)(=NC#N)NC(=O)Nc2c3c(cc4c2CCC4)CCC3)n1. The van der Waals surface area contributed by atoms with Crippen LogP contribution in [0.3, 0.4) is 0 Å². The van der Waals surface area contributed by atoms with Gasteiger partial charge < -0.3 is 5.32 Å². The maximum atomic E-state index is 13.2.